The molecule has 1 aromatic carbocycles. The van der Waals surface area contributed by atoms with Crippen molar-refractivity contribution in [2.24, 2.45) is 5.84 Å². The van der Waals surface area contributed by atoms with Crippen molar-refractivity contribution >= 4 is 29.2 Å². The number of carbonyl (C=O) groups excluding carboxylic acids is 1. The predicted molar refractivity (Wildman–Crippen MR) is 76.9 cm³/mol. The summed E-state index contributed by atoms with van der Waals surface area (Å²) in [5.41, 5.74) is 3.16. The van der Waals surface area contributed by atoms with E-state index in [9.17, 15) is 4.79 Å². The molecule has 100 valence electrons. The molecule has 1 heterocycles. The third-order valence-corrected chi connectivity index (χ3v) is 4.56. The van der Waals surface area contributed by atoms with Crippen molar-refractivity contribution in [3.63, 3.8) is 0 Å². The van der Waals surface area contributed by atoms with Gasteiger partial charge in [0, 0.05) is 5.75 Å². The summed E-state index contributed by atoms with van der Waals surface area (Å²) in [7, 11) is 0. The molecular formula is C12H14N4OS2. The van der Waals surface area contributed by atoms with Gasteiger partial charge in [0.1, 0.15) is 5.82 Å². The van der Waals surface area contributed by atoms with Crippen LogP contribution in [0, 0.1) is 6.92 Å². The Labute approximate surface area is 119 Å². The van der Waals surface area contributed by atoms with Crippen LogP contribution in [-0.2, 0) is 4.79 Å². The molecule has 7 heteroatoms. The van der Waals surface area contributed by atoms with E-state index in [-0.39, 0.29) is 11.8 Å². The predicted octanol–water partition coefficient (Wildman–Crippen LogP) is 1.71. The molecule has 0 aliphatic rings. The number of rotatable bonds is 5. The van der Waals surface area contributed by atoms with Gasteiger partial charge in [0.25, 0.3) is 0 Å². The fourth-order valence-corrected chi connectivity index (χ4v) is 3.40. The fraction of sp³-hybridized carbons (Fsp3) is 0.250. The van der Waals surface area contributed by atoms with Gasteiger partial charge in [0.05, 0.1) is 5.92 Å². The quantitative estimate of drug-likeness (QED) is 0.380. The zero-order valence-corrected chi connectivity index (χ0v) is 12.0. The molecule has 0 bridgehead atoms. The van der Waals surface area contributed by atoms with Crippen molar-refractivity contribution in [3.05, 3.63) is 41.7 Å². The molecule has 0 aliphatic carbocycles. The molecule has 2 rings (SSSR count). The Hall–Kier alpha value is -1.44. The number of nitrogens with zero attached hydrogens (tertiary/aromatic N) is 2. The first-order valence-corrected chi connectivity index (χ1v) is 7.45. The Kier molecular flexibility index (Phi) is 4.89. The van der Waals surface area contributed by atoms with Gasteiger partial charge in [0.2, 0.25) is 5.91 Å². The highest BCUT2D eigenvalue weighted by atomic mass is 32.2. The molecule has 3 N–H and O–H groups in total. The van der Waals surface area contributed by atoms with E-state index >= 15 is 0 Å². The molecule has 1 unspecified atom stereocenters. The van der Waals surface area contributed by atoms with Gasteiger partial charge in [-0.25, -0.2) is 10.8 Å². The van der Waals surface area contributed by atoms with Gasteiger partial charge >= 0.3 is 0 Å². The molecular weight excluding hydrogens is 280 g/mol. The van der Waals surface area contributed by atoms with Gasteiger partial charge < -0.3 is 0 Å². The molecule has 19 heavy (non-hydrogen) atoms. The van der Waals surface area contributed by atoms with E-state index in [4.69, 9.17) is 5.84 Å². The van der Waals surface area contributed by atoms with E-state index in [1.807, 2.05) is 37.3 Å². The second-order valence-electron chi connectivity index (χ2n) is 3.89. The minimum absolute atomic E-state index is 0.195. The summed E-state index contributed by atoms with van der Waals surface area (Å²) in [4.78, 5) is 16.1. The summed E-state index contributed by atoms with van der Waals surface area (Å²) in [6.07, 6.45) is 0. The number of hydrogen-bond acceptors (Lipinski definition) is 6. The summed E-state index contributed by atoms with van der Waals surface area (Å²) >= 11 is 2.86. The minimum atomic E-state index is -0.291. The first-order chi connectivity index (χ1) is 9.20. The zero-order chi connectivity index (χ0) is 13.7. The highest BCUT2D eigenvalue weighted by molar-refractivity contribution is 8.01. The van der Waals surface area contributed by atoms with E-state index < -0.39 is 0 Å². The molecule has 0 saturated heterocycles. The molecule has 0 spiro atoms. The maximum atomic E-state index is 11.9. The highest BCUT2D eigenvalue weighted by Gasteiger charge is 2.20. The lowest BCUT2D eigenvalue weighted by molar-refractivity contribution is -0.122. The van der Waals surface area contributed by atoms with Gasteiger partial charge in [-0.3, -0.25) is 10.2 Å². The average molecular weight is 294 g/mol. The van der Waals surface area contributed by atoms with E-state index in [0.29, 0.717) is 5.75 Å². The highest BCUT2D eigenvalue weighted by Crippen LogP contribution is 2.27. The lowest BCUT2D eigenvalue weighted by Crippen LogP contribution is -2.35. The van der Waals surface area contributed by atoms with Crippen molar-refractivity contribution in [1.82, 2.24) is 14.8 Å². The molecule has 0 aliphatic heterocycles. The Morgan fingerprint density at radius 3 is 2.79 bits per heavy atom. The Balaban J connectivity index is 2.09. The number of carbonyl (C=O) groups is 1. The first-order valence-electron chi connectivity index (χ1n) is 5.69. The van der Waals surface area contributed by atoms with Crippen LogP contribution in [0.4, 0.5) is 0 Å². The van der Waals surface area contributed by atoms with E-state index in [1.54, 1.807) is 0 Å². The maximum Gasteiger partial charge on any atom is 0.242 e. The average Bonchev–Trinajstić information content (AvgIpc) is 2.85. The Morgan fingerprint density at radius 1 is 1.47 bits per heavy atom. The third-order valence-electron chi connectivity index (χ3n) is 2.54. The van der Waals surface area contributed by atoms with Crippen molar-refractivity contribution < 1.29 is 4.79 Å². The SMILES string of the molecule is Cc1nsc(SCC(C(=O)NN)c2ccccc2)n1. The Bertz CT molecular complexity index is 544. The lowest BCUT2D eigenvalue weighted by Gasteiger charge is -2.14. The van der Waals surface area contributed by atoms with Crippen LogP contribution in [0.15, 0.2) is 34.7 Å². The van der Waals surface area contributed by atoms with E-state index in [1.165, 1.54) is 23.3 Å². The second-order valence-corrected chi connectivity index (χ2v) is 5.91. The molecule has 1 aromatic heterocycles. The molecule has 2 aromatic rings. The van der Waals surface area contributed by atoms with E-state index in [0.717, 1.165) is 15.7 Å². The summed E-state index contributed by atoms with van der Waals surface area (Å²) in [6.45, 7) is 1.85. The normalized spacial score (nSPS) is 12.1. The van der Waals surface area contributed by atoms with E-state index in [2.05, 4.69) is 14.8 Å². The van der Waals surface area contributed by atoms with Gasteiger partial charge in [-0.05, 0) is 24.0 Å². The van der Waals surface area contributed by atoms with Crippen LogP contribution in [0.3, 0.4) is 0 Å². The standard InChI is InChI=1S/C12H14N4OS2/c1-8-14-12(19-16-8)18-7-10(11(17)15-13)9-5-3-2-4-6-9/h2-6,10H,7,13H2,1H3,(H,15,17). The minimum Gasteiger partial charge on any atom is -0.294 e. The first kappa shape index (κ1) is 14.0. The molecule has 1 amide bonds. The number of aromatic nitrogens is 2. The molecule has 1 atom stereocenters. The van der Waals surface area contributed by atoms with Crippen molar-refractivity contribution in [2.45, 2.75) is 17.2 Å². The van der Waals surface area contributed by atoms with Crippen LogP contribution < -0.4 is 11.3 Å². The van der Waals surface area contributed by atoms with Crippen LogP contribution in [0.2, 0.25) is 0 Å². The fourth-order valence-electron chi connectivity index (χ4n) is 1.60. The molecule has 5 nitrogen and oxygen atoms in total. The summed E-state index contributed by atoms with van der Waals surface area (Å²) < 4.78 is 4.98. The van der Waals surface area contributed by atoms with Crippen molar-refractivity contribution in [2.75, 3.05) is 5.75 Å². The molecule has 0 fully saturated rings. The van der Waals surface area contributed by atoms with Gasteiger partial charge in [-0.2, -0.15) is 4.37 Å². The third kappa shape index (κ3) is 3.76. The van der Waals surface area contributed by atoms with Crippen LogP contribution in [0.5, 0.6) is 0 Å². The van der Waals surface area contributed by atoms with Crippen LogP contribution in [-0.4, -0.2) is 21.0 Å². The van der Waals surface area contributed by atoms with Crippen molar-refractivity contribution in [3.8, 4) is 0 Å². The summed E-state index contributed by atoms with van der Waals surface area (Å²) in [5.74, 6) is 6.10. The number of aryl methyl sites for hydroxylation is 1. The maximum absolute atomic E-state index is 11.9. The number of benzene rings is 1. The largest absolute Gasteiger partial charge is 0.294 e. The van der Waals surface area contributed by atoms with Crippen LogP contribution >= 0.6 is 23.3 Å². The molecule has 0 radical (unpaired) electrons. The van der Waals surface area contributed by atoms with Crippen LogP contribution in [0.1, 0.15) is 17.3 Å². The van der Waals surface area contributed by atoms with Gasteiger partial charge in [-0.1, -0.05) is 42.1 Å². The summed E-state index contributed by atoms with van der Waals surface area (Å²) in [5, 5.41) is 0. The lowest BCUT2D eigenvalue weighted by atomic mass is 10.0. The van der Waals surface area contributed by atoms with Crippen LogP contribution in [0.25, 0.3) is 0 Å². The Morgan fingerprint density at radius 2 is 2.21 bits per heavy atom. The number of hydrazine groups is 1. The smallest absolute Gasteiger partial charge is 0.242 e. The molecule has 0 saturated carbocycles. The number of thioether (sulfide) groups is 1. The van der Waals surface area contributed by atoms with Gasteiger partial charge in [-0.15, -0.1) is 0 Å². The van der Waals surface area contributed by atoms with Crippen molar-refractivity contribution in [1.29, 1.82) is 0 Å². The number of hydrogen-bond donors (Lipinski definition) is 2. The second kappa shape index (κ2) is 6.65. The number of amides is 1. The zero-order valence-electron chi connectivity index (χ0n) is 10.4. The number of nitrogens with two attached hydrogens (primary N) is 1. The topological polar surface area (TPSA) is 80.9 Å². The summed E-state index contributed by atoms with van der Waals surface area (Å²) in [6, 6.07) is 9.58. The monoisotopic (exact) mass is 294 g/mol. The number of nitrogens with one attached hydrogen (secondary N) is 1. The van der Waals surface area contributed by atoms with Gasteiger partial charge in [0.15, 0.2) is 4.34 Å².